The van der Waals surface area contributed by atoms with Gasteiger partial charge in [0.05, 0.1) is 0 Å². The third kappa shape index (κ3) is 2.09. The summed E-state index contributed by atoms with van der Waals surface area (Å²) in [5.41, 5.74) is 0. The molecule has 0 radical (unpaired) electrons. The molecule has 22 valence electrons. The molecule has 4 heteroatoms. The van der Waals surface area contributed by atoms with Crippen molar-refractivity contribution in [2.24, 2.45) is 0 Å². The van der Waals surface area contributed by atoms with Crippen molar-refractivity contribution < 1.29 is 13.0 Å². The van der Waals surface area contributed by atoms with Crippen molar-refractivity contribution in [3.8, 4) is 0 Å². The molecule has 0 aliphatic rings. The van der Waals surface area contributed by atoms with Gasteiger partial charge in [-0.15, -0.1) is 0 Å². The van der Waals surface area contributed by atoms with Crippen LogP contribution in [0.15, 0.2) is 0 Å². The molecule has 0 aliphatic heterocycles. The summed E-state index contributed by atoms with van der Waals surface area (Å²) in [5, 5.41) is 7.10. The summed E-state index contributed by atoms with van der Waals surface area (Å²) in [4.78, 5) is 0. The van der Waals surface area contributed by atoms with Gasteiger partial charge >= 0.3 is 28.5 Å². The van der Waals surface area contributed by atoms with Gasteiger partial charge in [0.1, 0.15) is 0 Å². The van der Waals surface area contributed by atoms with Gasteiger partial charge in [-0.3, -0.25) is 0 Å². The summed E-state index contributed by atoms with van der Waals surface area (Å²) in [6.07, 6.45) is 0. The van der Waals surface area contributed by atoms with Gasteiger partial charge in [-0.25, -0.2) is 0 Å². The van der Waals surface area contributed by atoms with Crippen molar-refractivity contribution in [3.05, 3.63) is 0 Å². The Hall–Kier alpha value is 0.0925. The van der Waals surface area contributed by atoms with E-state index in [9.17, 15) is 0 Å². The number of hydrogen-bond donors (Lipinski definition) is 1. The average Bonchev–Trinajstić information content (AvgIpc) is 1.37. The Balaban J connectivity index is 2.30. The predicted molar refractivity (Wildman–Crippen MR) is 10.2 cm³/mol. The molecule has 0 rings (SSSR count). The molecule has 0 atom stereocenters. The molecule has 0 aromatic carbocycles. The molecular formula is HAlO3. The third-order valence-corrected chi connectivity index (χ3v) is 0.129. The molecule has 0 unspecified atom stereocenters. The van der Waals surface area contributed by atoms with Gasteiger partial charge in [0.2, 0.25) is 0 Å². The van der Waals surface area contributed by atoms with Crippen molar-refractivity contribution in [1.29, 1.82) is 0 Å². The van der Waals surface area contributed by atoms with Gasteiger partial charge < -0.3 is 0 Å². The molecule has 0 aromatic heterocycles. The summed E-state index contributed by atoms with van der Waals surface area (Å²) in [6, 6.07) is 0. The Bertz CT molecular complexity index is 17.2. The van der Waals surface area contributed by atoms with Gasteiger partial charge in [0, 0.05) is 0 Å². The summed E-state index contributed by atoms with van der Waals surface area (Å²) >= 11 is -1.41. The Morgan fingerprint density at radius 2 is 2.25 bits per heavy atom. The summed E-state index contributed by atoms with van der Waals surface area (Å²) < 4.78 is 12.0. The Morgan fingerprint density at radius 3 is 2.25 bits per heavy atom. The Labute approximate surface area is 29.4 Å². The van der Waals surface area contributed by atoms with E-state index in [0.29, 0.717) is 0 Å². The van der Waals surface area contributed by atoms with E-state index in [2.05, 4.69) is 3.94 Å². The van der Waals surface area contributed by atoms with Crippen LogP contribution >= 0.6 is 0 Å². The van der Waals surface area contributed by atoms with Crippen LogP contribution in [0.1, 0.15) is 0 Å². The summed E-state index contributed by atoms with van der Waals surface area (Å²) in [7, 11) is 0. The van der Waals surface area contributed by atoms with Crippen molar-refractivity contribution in [3.63, 3.8) is 0 Å². The first-order valence-corrected chi connectivity index (χ1v) is 1.60. The van der Waals surface area contributed by atoms with Gasteiger partial charge in [-0.05, 0) is 0 Å². The van der Waals surface area contributed by atoms with Gasteiger partial charge in [0.15, 0.2) is 0 Å². The van der Waals surface area contributed by atoms with E-state index in [4.69, 9.17) is 9.06 Å². The van der Waals surface area contributed by atoms with Crippen LogP contribution in [0.2, 0.25) is 0 Å². The fraction of sp³-hybridized carbons (Fsp3) is 0. The molecule has 0 spiro atoms. The van der Waals surface area contributed by atoms with Crippen LogP contribution in [0.5, 0.6) is 0 Å². The SMILES string of the molecule is [O]=[Al][O]O. The number of rotatable bonds is 1. The van der Waals surface area contributed by atoms with Crippen LogP contribution in [-0.4, -0.2) is 20.7 Å². The first-order valence-electron chi connectivity index (χ1n) is 0.654. The molecule has 3 nitrogen and oxygen atoms in total. The van der Waals surface area contributed by atoms with E-state index >= 15 is 0 Å². The van der Waals surface area contributed by atoms with E-state index in [1.165, 1.54) is 0 Å². The Morgan fingerprint density at radius 1 is 2.00 bits per heavy atom. The zero-order chi connectivity index (χ0) is 3.41. The van der Waals surface area contributed by atoms with Gasteiger partial charge in [-0.2, -0.15) is 0 Å². The second-order valence-corrected chi connectivity index (χ2v) is 0.605. The second kappa shape index (κ2) is 3.09. The van der Waals surface area contributed by atoms with Crippen LogP contribution in [0.3, 0.4) is 0 Å². The van der Waals surface area contributed by atoms with E-state index in [0.717, 1.165) is 0 Å². The molecule has 0 amide bonds. The Kier molecular flexibility index (Phi) is 3.16. The average molecular weight is 76.0 g/mol. The monoisotopic (exact) mass is 76.0 g/mol. The third-order valence-electron chi connectivity index (χ3n) is 0.0430. The van der Waals surface area contributed by atoms with E-state index < -0.39 is 15.5 Å². The first kappa shape index (κ1) is 4.09. The van der Waals surface area contributed by atoms with Crippen LogP contribution in [0.25, 0.3) is 0 Å². The molecule has 0 fully saturated rings. The molecule has 0 saturated carbocycles. The summed E-state index contributed by atoms with van der Waals surface area (Å²) in [6.45, 7) is 0. The van der Waals surface area contributed by atoms with E-state index in [-0.39, 0.29) is 0 Å². The fourth-order valence-corrected chi connectivity index (χ4v) is 0. The van der Waals surface area contributed by atoms with Crippen molar-refractivity contribution in [2.75, 3.05) is 0 Å². The standard InChI is InChI=1S/Al.H2O2.O/c;1-2;/h;1-2H;/q+1;;/p-1. The van der Waals surface area contributed by atoms with Crippen molar-refractivity contribution >= 4 is 15.5 Å². The molecule has 0 aliphatic carbocycles. The van der Waals surface area contributed by atoms with Crippen molar-refractivity contribution in [2.45, 2.75) is 0 Å². The van der Waals surface area contributed by atoms with E-state index in [1.54, 1.807) is 0 Å². The summed E-state index contributed by atoms with van der Waals surface area (Å²) in [5.74, 6) is 0. The molecule has 4 heavy (non-hydrogen) atoms. The minimum atomic E-state index is -1.41. The minimum absolute atomic E-state index is 1.41. The molecule has 0 heterocycles. The van der Waals surface area contributed by atoms with Crippen molar-refractivity contribution in [1.82, 2.24) is 0 Å². The molecule has 0 aromatic rings. The van der Waals surface area contributed by atoms with E-state index in [1.807, 2.05) is 0 Å². The normalized spacial score (nSPS) is 4.25. The molecule has 1 N–H and O–H groups in total. The molecular weight excluding hydrogens is 75.0 g/mol. The van der Waals surface area contributed by atoms with Crippen LogP contribution in [0.4, 0.5) is 0 Å². The quantitative estimate of drug-likeness (QED) is 0.258. The van der Waals surface area contributed by atoms with Crippen LogP contribution < -0.4 is 0 Å². The van der Waals surface area contributed by atoms with Crippen LogP contribution in [0, 0.1) is 0 Å². The maximum absolute atomic E-state index is 8.91. The first-order chi connectivity index (χ1) is 1.91. The van der Waals surface area contributed by atoms with Crippen LogP contribution in [-0.2, 0) is 7.74 Å². The maximum atomic E-state index is 8.91. The van der Waals surface area contributed by atoms with Gasteiger partial charge in [-0.1, -0.05) is 0 Å². The number of hydrogen-bond acceptors (Lipinski definition) is 3. The zero-order valence-electron chi connectivity index (χ0n) is 1.84. The molecule has 0 saturated heterocycles. The second-order valence-electron chi connectivity index (χ2n) is 0.202. The fourth-order valence-electron chi connectivity index (χ4n) is 0. The molecule has 0 bridgehead atoms. The zero-order valence-corrected chi connectivity index (χ0v) is 3.00. The predicted octanol–water partition coefficient (Wildman–Crippen LogP) is -0.559. The topological polar surface area (TPSA) is 46.5 Å². The van der Waals surface area contributed by atoms with Gasteiger partial charge in [0.25, 0.3) is 0 Å².